The molecule has 118 valence electrons. The highest BCUT2D eigenvalue weighted by Crippen LogP contribution is 2.28. The van der Waals surface area contributed by atoms with Gasteiger partial charge in [-0.15, -0.1) is 0 Å². The van der Waals surface area contributed by atoms with E-state index in [9.17, 15) is 13.2 Å². The zero-order valence-corrected chi connectivity index (χ0v) is 12.0. The van der Waals surface area contributed by atoms with Crippen LogP contribution in [0.4, 0.5) is 13.2 Å². The van der Waals surface area contributed by atoms with Gasteiger partial charge in [0.15, 0.2) is 0 Å². The van der Waals surface area contributed by atoms with Crippen molar-refractivity contribution in [3.8, 4) is 0 Å². The summed E-state index contributed by atoms with van der Waals surface area (Å²) >= 11 is 0. The van der Waals surface area contributed by atoms with Crippen LogP contribution in [-0.2, 0) is 0 Å². The minimum absolute atomic E-state index is 0.482. The second-order valence-electron chi connectivity index (χ2n) is 6.13. The lowest BCUT2D eigenvalue weighted by Crippen LogP contribution is -2.54. The van der Waals surface area contributed by atoms with Gasteiger partial charge in [0, 0.05) is 32.2 Å². The normalized spacial score (nSPS) is 31.2. The Morgan fingerprint density at radius 3 is 2.20 bits per heavy atom. The molecule has 0 radical (unpaired) electrons. The number of rotatable bonds is 3. The summed E-state index contributed by atoms with van der Waals surface area (Å²) in [6.07, 6.45) is 1.98. The van der Waals surface area contributed by atoms with E-state index in [1.54, 1.807) is 0 Å². The SMILES string of the molecule is NCC1CCCCCC1N1CCN(CC(F)(F)F)CC1. The largest absolute Gasteiger partial charge is 0.401 e. The van der Waals surface area contributed by atoms with Crippen molar-refractivity contribution >= 4 is 0 Å². The molecule has 6 heteroatoms. The summed E-state index contributed by atoms with van der Waals surface area (Å²) in [5, 5.41) is 0. The number of halogens is 3. The third kappa shape index (κ3) is 4.60. The topological polar surface area (TPSA) is 32.5 Å². The third-order valence-electron chi connectivity index (χ3n) is 4.70. The molecule has 0 bridgehead atoms. The highest BCUT2D eigenvalue weighted by atomic mass is 19.4. The average Bonchev–Trinajstić information content (AvgIpc) is 2.63. The second-order valence-corrected chi connectivity index (χ2v) is 6.13. The lowest BCUT2D eigenvalue weighted by atomic mass is 9.93. The predicted molar refractivity (Wildman–Crippen MR) is 73.5 cm³/mol. The van der Waals surface area contributed by atoms with Crippen LogP contribution in [0.15, 0.2) is 0 Å². The lowest BCUT2D eigenvalue weighted by molar-refractivity contribution is -0.150. The van der Waals surface area contributed by atoms with Crippen molar-refractivity contribution in [2.75, 3.05) is 39.3 Å². The van der Waals surface area contributed by atoms with Gasteiger partial charge in [-0.05, 0) is 25.3 Å². The van der Waals surface area contributed by atoms with E-state index in [4.69, 9.17) is 5.73 Å². The molecule has 1 heterocycles. The number of nitrogens with two attached hydrogens (primary N) is 1. The van der Waals surface area contributed by atoms with E-state index in [1.165, 1.54) is 30.6 Å². The zero-order chi connectivity index (χ0) is 14.6. The fraction of sp³-hybridized carbons (Fsp3) is 1.00. The molecule has 0 aromatic rings. The van der Waals surface area contributed by atoms with Crippen LogP contribution in [-0.4, -0.2) is 61.3 Å². The van der Waals surface area contributed by atoms with Crippen LogP contribution >= 0.6 is 0 Å². The molecular formula is C14H26F3N3. The minimum Gasteiger partial charge on any atom is -0.330 e. The molecule has 0 amide bonds. The van der Waals surface area contributed by atoms with E-state index in [0.717, 1.165) is 19.5 Å². The number of hydrogen-bond donors (Lipinski definition) is 1. The summed E-state index contributed by atoms with van der Waals surface area (Å²) in [6, 6.07) is 0.482. The van der Waals surface area contributed by atoms with Crippen LogP contribution in [0.3, 0.4) is 0 Å². The number of piperazine rings is 1. The Labute approximate surface area is 119 Å². The summed E-state index contributed by atoms with van der Waals surface area (Å²) in [4.78, 5) is 3.90. The Kier molecular flexibility index (Phi) is 5.69. The van der Waals surface area contributed by atoms with Gasteiger partial charge in [0.2, 0.25) is 0 Å². The van der Waals surface area contributed by atoms with Gasteiger partial charge in [-0.1, -0.05) is 19.3 Å². The molecule has 2 aliphatic rings. The van der Waals surface area contributed by atoms with Gasteiger partial charge in [0.05, 0.1) is 6.54 Å². The fourth-order valence-electron chi connectivity index (χ4n) is 3.63. The highest BCUT2D eigenvalue weighted by molar-refractivity contribution is 4.86. The Hall–Kier alpha value is -0.330. The van der Waals surface area contributed by atoms with Crippen LogP contribution in [0.25, 0.3) is 0 Å². The van der Waals surface area contributed by atoms with E-state index in [-0.39, 0.29) is 0 Å². The fourth-order valence-corrected chi connectivity index (χ4v) is 3.63. The number of nitrogens with zero attached hydrogens (tertiary/aromatic N) is 2. The van der Waals surface area contributed by atoms with Gasteiger partial charge in [0.1, 0.15) is 0 Å². The molecule has 3 nitrogen and oxygen atoms in total. The molecular weight excluding hydrogens is 267 g/mol. The summed E-state index contributed by atoms with van der Waals surface area (Å²) in [7, 11) is 0. The molecule has 20 heavy (non-hydrogen) atoms. The quantitative estimate of drug-likeness (QED) is 0.809. The molecule has 2 unspecified atom stereocenters. The summed E-state index contributed by atoms with van der Waals surface area (Å²) in [5.74, 6) is 0.520. The molecule has 0 aromatic carbocycles. The number of hydrogen-bond acceptors (Lipinski definition) is 3. The zero-order valence-electron chi connectivity index (χ0n) is 12.0. The predicted octanol–water partition coefficient (Wildman–Crippen LogP) is 2.07. The van der Waals surface area contributed by atoms with E-state index >= 15 is 0 Å². The molecule has 2 fully saturated rings. The Morgan fingerprint density at radius 1 is 0.950 bits per heavy atom. The van der Waals surface area contributed by atoms with Crippen molar-refractivity contribution in [2.24, 2.45) is 11.7 Å². The molecule has 2 atom stereocenters. The first-order chi connectivity index (χ1) is 9.49. The van der Waals surface area contributed by atoms with Crippen molar-refractivity contribution in [2.45, 2.75) is 44.3 Å². The maximum Gasteiger partial charge on any atom is 0.401 e. The maximum atomic E-state index is 12.4. The van der Waals surface area contributed by atoms with Crippen molar-refractivity contribution < 1.29 is 13.2 Å². The van der Waals surface area contributed by atoms with Gasteiger partial charge >= 0.3 is 6.18 Å². The second kappa shape index (κ2) is 7.09. The molecule has 1 aliphatic heterocycles. The van der Waals surface area contributed by atoms with Gasteiger partial charge < -0.3 is 5.73 Å². The minimum atomic E-state index is -4.08. The van der Waals surface area contributed by atoms with Crippen LogP contribution in [0.2, 0.25) is 0 Å². The third-order valence-corrected chi connectivity index (χ3v) is 4.70. The van der Waals surface area contributed by atoms with E-state index in [2.05, 4.69) is 4.90 Å². The van der Waals surface area contributed by atoms with Crippen molar-refractivity contribution in [1.82, 2.24) is 9.80 Å². The van der Waals surface area contributed by atoms with E-state index in [1.807, 2.05) is 0 Å². The first-order valence-electron chi connectivity index (χ1n) is 7.73. The van der Waals surface area contributed by atoms with Gasteiger partial charge in [-0.25, -0.2) is 0 Å². The van der Waals surface area contributed by atoms with Crippen LogP contribution < -0.4 is 5.73 Å². The molecule has 0 aromatic heterocycles. The van der Waals surface area contributed by atoms with Gasteiger partial charge in [-0.3, -0.25) is 9.80 Å². The smallest absolute Gasteiger partial charge is 0.330 e. The van der Waals surface area contributed by atoms with Crippen molar-refractivity contribution in [1.29, 1.82) is 0 Å². The van der Waals surface area contributed by atoms with Crippen LogP contribution in [0.5, 0.6) is 0 Å². The average molecular weight is 293 g/mol. The monoisotopic (exact) mass is 293 g/mol. The van der Waals surface area contributed by atoms with Crippen molar-refractivity contribution in [3.63, 3.8) is 0 Å². The van der Waals surface area contributed by atoms with Crippen LogP contribution in [0, 0.1) is 5.92 Å². The maximum absolute atomic E-state index is 12.4. The summed E-state index contributed by atoms with van der Waals surface area (Å²) in [6.45, 7) is 2.47. The summed E-state index contributed by atoms with van der Waals surface area (Å²) in [5.41, 5.74) is 5.89. The molecule has 2 N–H and O–H groups in total. The van der Waals surface area contributed by atoms with E-state index in [0.29, 0.717) is 31.6 Å². The van der Waals surface area contributed by atoms with Gasteiger partial charge in [0.25, 0.3) is 0 Å². The molecule has 0 spiro atoms. The standard InChI is InChI=1S/C14H26F3N3/c15-14(16,17)11-19-6-8-20(9-7-19)13-5-3-1-2-4-12(13)10-18/h12-13H,1-11,18H2. The highest BCUT2D eigenvalue weighted by Gasteiger charge is 2.34. The van der Waals surface area contributed by atoms with E-state index < -0.39 is 12.7 Å². The molecule has 1 saturated heterocycles. The summed E-state index contributed by atoms with van der Waals surface area (Å²) < 4.78 is 37.2. The Bertz CT molecular complexity index is 288. The first-order valence-corrected chi connectivity index (χ1v) is 7.73. The first kappa shape index (κ1) is 16.0. The number of alkyl halides is 3. The molecule has 1 aliphatic carbocycles. The Balaban J connectivity index is 1.85. The van der Waals surface area contributed by atoms with Crippen LogP contribution in [0.1, 0.15) is 32.1 Å². The molecule has 1 saturated carbocycles. The van der Waals surface area contributed by atoms with Crippen molar-refractivity contribution in [3.05, 3.63) is 0 Å². The lowest BCUT2D eigenvalue weighted by Gasteiger charge is -2.42. The van der Waals surface area contributed by atoms with Gasteiger partial charge in [-0.2, -0.15) is 13.2 Å². The Morgan fingerprint density at radius 2 is 1.60 bits per heavy atom. The molecule has 2 rings (SSSR count).